The number of hydrogen-bond acceptors (Lipinski definition) is 3. The van der Waals surface area contributed by atoms with Crippen molar-refractivity contribution in [2.45, 2.75) is 33.2 Å². The van der Waals surface area contributed by atoms with E-state index in [0.717, 1.165) is 6.42 Å². The summed E-state index contributed by atoms with van der Waals surface area (Å²) in [7, 11) is 0. The number of carbonyl (C=O) groups is 1. The van der Waals surface area contributed by atoms with Crippen LogP contribution in [0.2, 0.25) is 0 Å². The zero-order valence-electron chi connectivity index (χ0n) is 12.7. The molecule has 0 fully saturated rings. The maximum atomic E-state index is 12.4. The third-order valence-corrected chi connectivity index (χ3v) is 3.51. The highest BCUT2D eigenvalue weighted by atomic mass is 16.2. The number of aromatic nitrogens is 2. The molecule has 0 spiro atoms. The second-order valence-electron chi connectivity index (χ2n) is 5.61. The van der Waals surface area contributed by atoms with E-state index in [2.05, 4.69) is 24.1 Å². The Morgan fingerprint density at radius 2 is 2.10 bits per heavy atom. The first-order valence-corrected chi connectivity index (χ1v) is 7.24. The van der Waals surface area contributed by atoms with Gasteiger partial charge in [0.2, 0.25) is 5.91 Å². The van der Waals surface area contributed by atoms with Crippen LogP contribution in [0.3, 0.4) is 0 Å². The van der Waals surface area contributed by atoms with E-state index < -0.39 is 6.04 Å². The number of fused-ring (bicyclic) bond motifs is 1. The molecular weight excluding hydrogens is 266 g/mol. The summed E-state index contributed by atoms with van der Waals surface area (Å²) < 4.78 is 1.45. The first kappa shape index (κ1) is 15.2. The predicted octanol–water partition coefficient (Wildman–Crippen LogP) is 2.12. The van der Waals surface area contributed by atoms with Crippen LogP contribution in [0.25, 0.3) is 10.9 Å². The maximum Gasteiger partial charge on any atom is 0.260 e. The Kier molecular flexibility index (Phi) is 4.73. The standard InChI is InChI=1S/C16H21N3O2/c1-11(2)6-9-18-15(20)12(3)19-10-7-14-13(16(19)21)5-4-8-17-14/h4-5,7-8,10-12H,6,9H2,1-3H3,(H,18,20)/t12-/m0/s1. The first-order valence-electron chi connectivity index (χ1n) is 7.24. The summed E-state index contributed by atoms with van der Waals surface area (Å²) >= 11 is 0. The molecule has 1 N–H and O–H groups in total. The van der Waals surface area contributed by atoms with Crippen molar-refractivity contribution in [1.82, 2.24) is 14.9 Å². The van der Waals surface area contributed by atoms with Crippen LogP contribution in [0.4, 0.5) is 0 Å². The molecule has 0 radical (unpaired) electrons. The van der Waals surface area contributed by atoms with Crippen LogP contribution in [0.5, 0.6) is 0 Å². The van der Waals surface area contributed by atoms with Gasteiger partial charge < -0.3 is 9.88 Å². The van der Waals surface area contributed by atoms with E-state index in [9.17, 15) is 9.59 Å². The highest BCUT2D eigenvalue weighted by Gasteiger charge is 2.16. The van der Waals surface area contributed by atoms with Gasteiger partial charge >= 0.3 is 0 Å². The second-order valence-corrected chi connectivity index (χ2v) is 5.61. The molecule has 0 aliphatic heterocycles. The van der Waals surface area contributed by atoms with Gasteiger partial charge in [-0.15, -0.1) is 0 Å². The molecule has 0 aliphatic rings. The lowest BCUT2D eigenvalue weighted by atomic mass is 10.1. The minimum Gasteiger partial charge on any atom is -0.354 e. The third kappa shape index (κ3) is 3.48. The molecule has 21 heavy (non-hydrogen) atoms. The van der Waals surface area contributed by atoms with Crippen molar-refractivity contribution < 1.29 is 4.79 Å². The molecule has 0 aromatic carbocycles. The smallest absolute Gasteiger partial charge is 0.260 e. The fourth-order valence-electron chi connectivity index (χ4n) is 2.15. The number of nitrogens with zero attached hydrogens (tertiary/aromatic N) is 2. The minimum atomic E-state index is -0.533. The summed E-state index contributed by atoms with van der Waals surface area (Å²) in [5, 5.41) is 3.40. The van der Waals surface area contributed by atoms with Gasteiger partial charge in [-0.25, -0.2) is 0 Å². The van der Waals surface area contributed by atoms with Gasteiger partial charge in [0.05, 0.1) is 10.9 Å². The lowest BCUT2D eigenvalue weighted by Crippen LogP contribution is -2.36. The fraction of sp³-hybridized carbons (Fsp3) is 0.438. The van der Waals surface area contributed by atoms with E-state index in [1.54, 1.807) is 37.5 Å². The number of pyridine rings is 2. The Balaban J connectivity index is 2.19. The van der Waals surface area contributed by atoms with Crippen molar-refractivity contribution in [1.29, 1.82) is 0 Å². The first-order chi connectivity index (χ1) is 10.0. The fourth-order valence-corrected chi connectivity index (χ4v) is 2.15. The van der Waals surface area contributed by atoms with Crippen molar-refractivity contribution in [2.75, 3.05) is 6.54 Å². The van der Waals surface area contributed by atoms with E-state index in [1.165, 1.54) is 4.57 Å². The predicted molar refractivity (Wildman–Crippen MR) is 83.2 cm³/mol. The van der Waals surface area contributed by atoms with Gasteiger partial charge in [0.15, 0.2) is 0 Å². The molecule has 2 aromatic rings. The molecule has 0 bridgehead atoms. The van der Waals surface area contributed by atoms with Gasteiger partial charge in [-0.05, 0) is 37.5 Å². The molecule has 0 unspecified atom stereocenters. The molecule has 5 heteroatoms. The van der Waals surface area contributed by atoms with E-state index >= 15 is 0 Å². The molecule has 2 heterocycles. The molecular formula is C16H21N3O2. The normalized spacial score (nSPS) is 12.6. The molecule has 112 valence electrons. The van der Waals surface area contributed by atoms with Crippen LogP contribution in [-0.4, -0.2) is 22.0 Å². The molecule has 1 atom stereocenters. The van der Waals surface area contributed by atoms with Gasteiger partial charge in [-0.2, -0.15) is 0 Å². The zero-order chi connectivity index (χ0) is 15.4. The van der Waals surface area contributed by atoms with Crippen molar-refractivity contribution in [2.24, 2.45) is 5.92 Å². The summed E-state index contributed by atoms with van der Waals surface area (Å²) in [5.41, 5.74) is 0.457. The van der Waals surface area contributed by atoms with Crippen molar-refractivity contribution in [3.8, 4) is 0 Å². The molecule has 0 saturated carbocycles. The lowest BCUT2D eigenvalue weighted by Gasteiger charge is -2.16. The average Bonchev–Trinajstić information content (AvgIpc) is 2.47. The summed E-state index contributed by atoms with van der Waals surface area (Å²) in [6, 6.07) is 4.68. The zero-order valence-corrected chi connectivity index (χ0v) is 12.7. The number of rotatable bonds is 5. The van der Waals surface area contributed by atoms with Crippen LogP contribution in [0.15, 0.2) is 35.4 Å². The van der Waals surface area contributed by atoms with Gasteiger partial charge in [0.1, 0.15) is 6.04 Å². The molecule has 5 nitrogen and oxygen atoms in total. The van der Waals surface area contributed by atoms with Crippen molar-refractivity contribution in [3.63, 3.8) is 0 Å². The Morgan fingerprint density at radius 1 is 1.33 bits per heavy atom. The van der Waals surface area contributed by atoms with Crippen LogP contribution in [0.1, 0.15) is 33.2 Å². The quantitative estimate of drug-likeness (QED) is 0.916. The minimum absolute atomic E-state index is 0.138. The monoisotopic (exact) mass is 287 g/mol. The largest absolute Gasteiger partial charge is 0.354 e. The van der Waals surface area contributed by atoms with Gasteiger partial charge in [0, 0.05) is 18.9 Å². The summed E-state index contributed by atoms with van der Waals surface area (Å²) in [6.45, 7) is 6.58. The Labute approximate surface area is 124 Å². The summed E-state index contributed by atoms with van der Waals surface area (Å²) in [6.07, 6.45) is 4.20. The van der Waals surface area contributed by atoms with Gasteiger partial charge in [-0.3, -0.25) is 14.6 Å². The number of hydrogen-bond donors (Lipinski definition) is 1. The molecule has 2 aromatic heterocycles. The maximum absolute atomic E-state index is 12.4. The van der Waals surface area contributed by atoms with E-state index in [0.29, 0.717) is 23.4 Å². The van der Waals surface area contributed by atoms with E-state index in [-0.39, 0.29) is 11.5 Å². The molecule has 0 aliphatic carbocycles. The number of amides is 1. The number of nitrogens with one attached hydrogen (secondary N) is 1. The SMILES string of the molecule is CC(C)CCNC(=O)[C@H](C)n1ccc2ncccc2c1=O. The molecule has 1 amide bonds. The van der Waals surface area contributed by atoms with Crippen LogP contribution in [0, 0.1) is 5.92 Å². The third-order valence-electron chi connectivity index (χ3n) is 3.51. The van der Waals surface area contributed by atoms with Crippen molar-refractivity contribution >= 4 is 16.8 Å². The van der Waals surface area contributed by atoms with Gasteiger partial charge in [0.25, 0.3) is 5.56 Å². The summed E-state index contributed by atoms with van der Waals surface area (Å²) in [4.78, 5) is 28.7. The second kappa shape index (κ2) is 6.52. The van der Waals surface area contributed by atoms with Crippen LogP contribution < -0.4 is 10.9 Å². The highest BCUT2D eigenvalue weighted by molar-refractivity contribution is 5.81. The number of carbonyl (C=O) groups excluding carboxylic acids is 1. The van der Waals surface area contributed by atoms with Crippen molar-refractivity contribution in [3.05, 3.63) is 40.9 Å². The average molecular weight is 287 g/mol. The molecule has 0 saturated heterocycles. The Morgan fingerprint density at radius 3 is 2.81 bits per heavy atom. The highest BCUT2D eigenvalue weighted by Crippen LogP contribution is 2.09. The Hall–Kier alpha value is -2.17. The topological polar surface area (TPSA) is 64.0 Å². The van der Waals surface area contributed by atoms with Gasteiger partial charge in [-0.1, -0.05) is 13.8 Å². The van der Waals surface area contributed by atoms with E-state index in [4.69, 9.17) is 0 Å². The summed E-state index contributed by atoms with van der Waals surface area (Å²) in [5.74, 6) is 0.399. The van der Waals surface area contributed by atoms with Crippen LogP contribution in [-0.2, 0) is 4.79 Å². The molecule has 2 rings (SSSR count). The lowest BCUT2D eigenvalue weighted by molar-refractivity contribution is -0.123. The van der Waals surface area contributed by atoms with Crippen LogP contribution >= 0.6 is 0 Å². The Bertz CT molecular complexity index is 691. The van der Waals surface area contributed by atoms with E-state index in [1.807, 2.05) is 0 Å².